The molecule has 180 valence electrons. The smallest absolute Gasteiger partial charge is 0.337 e. The maximum atomic E-state index is 12.9. The molecular weight excluding hydrogens is 494 g/mol. The Labute approximate surface area is 210 Å². The van der Waals surface area contributed by atoms with Gasteiger partial charge < -0.3 is 20.1 Å². The van der Waals surface area contributed by atoms with Gasteiger partial charge in [0, 0.05) is 16.6 Å². The van der Waals surface area contributed by atoms with Gasteiger partial charge in [-0.15, -0.1) is 0 Å². The van der Waals surface area contributed by atoms with Crippen LogP contribution in [-0.4, -0.2) is 43.7 Å². The fourth-order valence-electron chi connectivity index (χ4n) is 3.53. The van der Waals surface area contributed by atoms with E-state index in [9.17, 15) is 24.4 Å². The van der Waals surface area contributed by atoms with Crippen LogP contribution in [0.4, 0.5) is 5.69 Å². The van der Waals surface area contributed by atoms with Gasteiger partial charge in [0.05, 0.1) is 42.2 Å². The van der Waals surface area contributed by atoms with E-state index in [0.717, 1.165) is 18.9 Å². The molecule has 0 fully saturated rings. The number of hydrogen-bond donors (Lipinski definition) is 2. The molecule has 2 amide bonds. The number of carbonyl (C=O) groups excluding carboxylic acids is 4. The Balaban J connectivity index is 1.91. The SMILES string of the molecule is COC(=O)c1ccc([C@@H]2C(C#N)=C(SCC(=O)Nc3cccc(Cl)c3)NC(=O)[C@H]2C(=O)OC)cc1. The number of carbonyl (C=O) groups is 4. The van der Waals surface area contributed by atoms with Crippen molar-refractivity contribution in [1.82, 2.24) is 5.32 Å². The van der Waals surface area contributed by atoms with Crippen molar-refractivity contribution in [1.29, 1.82) is 5.26 Å². The minimum Gasteiger partial charge on any atom is -0.468 e. The van der Waals surface area contributed by atoms with Gasteiger partial charge in [0.2, 0.25) is 11.8 Å². The van der Waals surface area contributed by atoms with Gasteiger partial charge in [-0.25, -0.2) is 4.79 Å². The molecule has 0 unspecified atom stereocenters. The standard InChI is InChI=1S/C24H20ClN3O6S/c1-33-23(31)14-8-6-13(7-9-14)19-17(11-26)22(28-21(30)20(19)24(32)34-2)35-12-18(29)27-16-5-3-4-15(25)10-16/h3-10,19-20H,12H2,1-2H3,(H,27,29)(H,28,30)/t19-,20+/m1/s1. The Morgan fingerprint density at radius 3 is 2.46 bits per heavy atom. The molecule has 11 heteroatoms. The molecule has 1 heterocycles. The van der Waals surface area contributed by atoms with Crippen LogP contribution in [0.15, 0.2) is 59.1 Å². The normalized spacial score (nSPS) is 17.1. The summed E-state index contributed by atoms with van der Waals surface area (Å²) >= 11 is 6.88. The van der Waals surface area contributed by atoms with Crippen molar-refractivity contribution in [3.05, 3.63) is 75.3 Å². The van der Waals surface area contributed by atoms with Crippen molar-refractivity contribution < 1.29 is 28.7 Å². The zero-order valence-corrected chi connectivity index (χ0v) is 20.2. The molecule has 0 aromatic heterocycles. The summed E-state index contributed by atoms with van der Waals surface area (Å²) in [7, 11) is 2.39. The van der Waals surface area contributed by atoms with E-state index in [2.05, 4.69) is 16.7 Å². The lowest BCUT2D eigenvalue weighted by Crippen LogP contribution is -2.44. The monoisotopic (exact) mass is 513 g/mol. The number of nitrogens with zero attached hydrogens (tertiary/aromatic N) is 1. The molecule has 1 aliphatic heterocycles. The highest BCUT2D eigenvalue weighted by Gasteiger charge is 2.44. The molecule has 9 nitrogen and oxygen atoms in total. The Kier molecular flexibility index (Phi) is 8.52. The van der Waals surface area contributed by atoms with Crippen molar-refractivity contribution in [2.75, 3.05) is 25.3 Å². The number of benzene rings is 2. The average molecular weight is 514 g/mol. The number of rotatable bonds is 7. The number of ether oxygens (including phenoxy) is 2. The van der Waals surface area contributed by atoms with Crippen LogP contribution in [0.3, 0.4) is 0 Å². The van der Waals surface area contributed by atoms with E-state index >= 15 is 0 Å². The summed E-state index contributed by atoms with van der Waals surface area (Å²) in [5, 5.41) is 15.8. The van der Waals surface area contributed by atoms with Gasteiger partial charge >= 0.3 is 11.9 Å². The van der Waals surface area contributed by atoms with Crippen molar-refractivity contribution in [2.45, 2.75) is 5.92 Å². The van der Waals surface area contributed by atoms with Crippen LogP contribution in [0.2, 0.25) is 5.02 Å². The van der Waals surface area contributed by atoms with Crippen LogP contribution in [0, 0.1) is 17.2 Å². The Bertz CT molecular complexity index is 1240. The topological polar surface area (TPSA) is 135 Å². The van der Waals surface area contributed by atoms with Crippen LogP contribution in [0.1, 0.15) is 21.8 Å². The second kappa shape index (κ2) is 11.6. The summed E-state index contributed by atoms with van der Waals surface area (Å²) in [6.07, 6.45) is 0. The molecule has 2 aromatic rings. The number of methoxy groups -OCH3 is 2. The molecule has 2 atom stereocenters. The fraction of sp³-hybridized carbons (Fsp3) is 0.208. The second-order valence-corrected chi connectivity index (χ2v) is 8.71. The van der Waals surface area contributed by atoms with Gasteiger partial charge in [0.1, 0.15) is 5.92 Å². The molecule has 0 saturated carbocycles. The van der Waals surface area contributed by atoms with Gasteiger partial charge in [-0.2, -0.15) is 5.26 Å². The third kappa shape index (κ3) is 6.01. The van der Waals surface area contributed by atoms with Crippen molar-refractivity contribution >= 4 is 52.8 Å². The Morgan fingerprint density at radius 2 is 1.86 bits per heavy atom. The lowest BCUT2D eigenvalue weighted by atomic mass is 9.78. The highest BCUT2D eigenvalue weighted by molar-refractivity contribution is 8.03. The molecule has 2 N–H and O–H groups in total. The van der Waals surface area contributed by atoms with Crippen LogP contribution in [0.25, 0.3) is 0 Å². The highest BCUT2D eigenvalue weighted by Crippen LogP contribution is 2.40. The zero-order valence-electron chi connectivity index (χ0n) is 18.7. The Hall–Kier alpha value is -3.81. The minimum absolute atomic E-state index is 0.0892. The van der Waals surface area contributed by atoms with Crippen LogP contribution < -0.4 is 10.6 Å². The zero-order chi connectivity index (χ0) is 25.5. The van der Waals surface area contributed by atoms with Crippen molar-refractivity contribution in [3.8, 4) is 6.07 Å². The number of nitrogens with one attached hydrogen (secondary N) is 2. The third-order valence-electron chi connectivity index (χ3n) is 5.13. The van der Waals surface area contributed by atoms with Crippen LogP contribution in [0.5, 0.6) is 0 Å². The first kappa shape index (κ1) is 25.8. The second-order valence-electron chi connectivity index (χ2n) is 7.28. The van der Waals surface area contributed by atoms with E-state index in [1.54, 1.807) is 24.3 Å². The molecule has 35 heavy (non-hydrogen) atoms. The predicted octanol–water partition coefficient (Wildman–Crippen LogP) is 3.24. The lowest BCUT2D eigenvalue weighted by Gasteiger charge is -2.31. The molecule has 3 rings (SSSR count). The Morgan fingerprint density at radius 1 is 1.14 bits per heavy atom. The number of anilines is 1. The summed E-state index contributed by atoms with van der Waals surface area (Å²) in [5.41, 5.74) is 1.30. The first-order valence-electron chi connectivity index (χ1n) is 10.2. The van der Waals surface area contributed by atoms with Crippen LogP contribution in [-0.2, 0) is 23.9 Å². The average Bonchev–Trinajstić information content (AvgIpc) is 2.86. The van der Waals surface area contributed by atoms with E-state index in [1.165, 1.54) is 31.4 Å². The summed E-state index contributed by atoms with van der Waals surface area (Å²) in [6, 6.07) is 14.7. The number of nitriles is 1. The maximum absolute atomic E-state index is 12.9. The molecule has 0 radical (unpaired) electrons. The molecule has 0 spiro atoms. The molecular formula is C24H20ClN3O6S. The molecule has 1 aliphatic rings. The molecule has 2 aromatic carbocycles. The number of esters is 2. The van der Waals surface area contributed by atoms with E-state index < -0.39 is 29.7 Å². The van der Waals surface area contributed by atoms with Gasteiger partial charge in [-0.05, 0) is 35.9 Å². The van der Waals surface area contributed by atoms with E-state index in [4.69, 9.17) is 21.1 Å². The largest absolute Gasteiger partial charge is 0.468 e. The number of allylic oxidation sites excluding steroid dienone is 1. The number of thioether (sulfide) groups is 1. The van der Waals surface area contributed by atoms with Crippen molar-refractivity contribution in [2.24, 2.45) is 5.92 Å². The highest BCUT2D eigenvalue weighted by atomic mass is 35.5. The minimum atomic E-state index is -1.33. The number of halogens is 1. The van der Waals surface area contributed by atoms with E-state index in [0.29, 0.717) is 16.3 Å². The predicted molar refractivity (Wildman–Crippen MR) is 129 cm³/mol. The van der Waals surface area contributed by atoms with Gasteiger partial charge in [0.15, 0.2) is 0 Å². The lowest BCUT2D eigenvalue weighted by molar-refractivity contribution is -0.150. The van der Waals surface area contributed by atoms with E-state index in [1.807, 2.05) is 0 Å². The first-order valence-corrected chi connectivity index (χ1v) is 11.5. The molecule has 0 bridgehead atoms. The molecule has 0 saturated heterocycles. The quantitative estimate of drug-likeness (QED) is 0.425. The van der Waals surface area contributed by atoms with Gasteiger partial charge in [-0.3, -0.25) is 14.4 Å². The van der Waals surface area contributed by atoms with Gasteiger partial charge in [0.25, 0.3) is 0 Å². The van der Waals surface area contributed by atoms with Crippen LogP contribution >= 0.6 is 23.4 Å². The van der Waals surface area contributed by atoms with Crippen molar-refractivity contribution in [3.63, 3.8) is 0 Å². The third-order valence-corrected chi connectivity index (χ3v) is 6.38. The summed E-state index contributed by atoms with van der Waals surface area (Å²) in [4.78, 5) is 49.6. The number of amides is 2. The maximum Gasteiger partial charge on any atom is 0.337 e. The van der Waals surface area contributed by atoms with Gasteiger partial charge in [-0.1, -0.05) is 41.6 Å². The summed E-state index contributed by atoms with van der Waals surface area (Å²) in [6.45, 7) is 0. The molecule has 0 aliphatic carbocycles. The summed E-state index contributed by atoms with van der Waals surface area (Å²) < 4.78 is 9.50. The number of hydrogen-bond acceptors (Lipinski definition) is 8. The first-order chi connectivity index (χ1) is 16.8. The van der Waals surface area contributed by atoms with E-state index in [-0.39, 0.29) is 27.8 Å². The summed E-state index contributed by atoms with van der Waals surface area (Å²) in [5.74, 6) is -4.86. The fourth-order valence-corrected chi connectivity index (χ4v) is 4.56.